The maximum atomic E-state index is 11.3. The maximum absolute atomic E-state index is 11.3. The van der Waals surface area contributed by atoms with Gasteiger partial charge in [-0.1, -0.05) is 12.6 Å². The van der Waals surface area contributed by atoms with Crippen molar-refractivity contribution in [1.29, 1.82) is 0 Å². The van der Waals surface area contributed by atoms with E-state index >= 15 is 0 Å². The van der Waals surface area contributed by atoms with Gasteiger partial charge in [-0.15, -0.1) is 0 Å². The van der Waals surface area contributed by atoms with Gasteiger partial charge in [-0.05, 0) is 19.1 Å². The Morgan fingerprint density at radius 3 is 2.74 bits per heavy atom. The summed E-state index contributed by atoms with van der Waals surface area (Å²) in [7, 11) is 0. The molecule has 0 aliphatic carbocycles. The van der Waals surface area contributed by atoms with Gasteiger partial charge in [-0.3, -0.25) is 4.79 Å². The molecule has 102 valence electrons. The topological polar surface area (TPSA) is 64.6 Å². The summed E-state index contributed by atoms with van der Waals surface area (Å²) in [6.45, 7) is 7.09. The second-order valence-corrected chi connectivity index (χ2v) is 3.82. The third-order valence-electron chi connectivity index (χ3n) is 2.13. The van der Waals surface area contributed by atoms with Gasteiger partial charge in [0.1, 0.15) is 12.4 Å². The molecule has 1 N–H and O–H groups in total. The molecule has 1 amide bonds. The lowest BCUT2D eigenvalue weighted by Gasteiger charge is -2.09. The highest BCUT2D eigenvalue weighted by atomic mass is 16.5. The van der Waals surface area contributed by atoms with E-state index in [1.54, 1.807) is 31.2 Å². The zero-order valence-electron chi connectivity index (χ0n) is 11.1. The normalized spacial score (nSPS) is 9.58. The first-order chi connectivity index (χ1) is 9.02. The summed E-state index contributed by atoms with van der Waals surface area (Å²) in [5, 5.41) is 2.64. The van der Waals surface area contributed by atoms with Gasteiger partial charge < -0.3 is 14.8 Å². The predicted molar refractivity (Wildman–Crippen MR) is 72.0 cm³/mol. The first-order valence-corrected chi connectivity index (χ1v) is 5.88. The number of benzene rings is 1. The summed E-state index contributed by atoms with van der Waals surface area (Å²) in [6, 6.07) is 6.88. The van der Waals surface area contributed by atoms with E-state index in [0.29, 0.717) is 18.0 Å². The smallest absolute Gasteiger partial charge is 0.336 e. The van der Waals surface area contributed by atoms with Crippen LogP contribution in [0.3, 0.4) is 0 Å². The molecule has 19 heavy (non-hydrogen) atoms. The minimum Gasteiger partial charge on any atom is -0.489 e. The van der Waals surface area contributed by atoms with Crippen molar-refractivity contribution in [2.45, 2.75) is 13.8 Å². The minimum atomic E-state index is -0.472. The molecule has 0 saturated heterocycles. The van der Waals surface area contributed by atoms with Crippen LogP contribution >= 0.6 is 0 Å². The van der Waals surface area contributed by atoms with E-state index in [0.717, 1.165) is 0 Å². The Kier molecular flexibility index (Phi) is 5.60. The van der Waals surface area contributed by atoms with Crippen molar-refractivity contribution < 1.29 is 19.1 Å². The predicted octanol–water partition coefficient (Wildman–Crippen LogP) is 2.14. The number of carbonyl (C=O) groups excluding carboxylic acids is 2. The molecule has 0 aliphatic rings. The number of ether oxygens (including phenoxy) is 2. The van der Waals surface area contributed by atoms with Gasteiger partial charge >= 0.3 is 5.97 Å². The molecule has 0 spiro atoms. The number of hydrogen-bond acceptors (Lipinski definition) is 4. The highest BCUT2D eigenvalue weighted by Crippen LogP contribution is 2.17. The largest absolute Gasteiger partial charge is 0.489 e. The quantitative estimate of drug-likeness (QED) is 0.631. The van der Waals surface area contributed by atoms with Gasteiger partial charge in [-0.25, -0.2) is 4.79 Å². The van der Waals surface area contributed by atoms with E-state index in [4.69, 9.17) is 9.47 Å². The van der Waals surface area contributed by atoms with Gasteiger partial charge in [0.25, 0.3) is 0 Å². The fourth-order valence-electron chi connectivity index (χ4n) is 1.33. The second kappa shape index (κ2) is 7.20. The molecule has 0 unspecified atom stereocenters. The summed E-state index contributed by atoms with van der Waals surface area (Å²) < 4.78 is 10.2. The number of carbonyl (C=O) groups is 2. The average Bonchev–Trinajstić information content (AvgIpc) is 2.36. The van der Waals surface area contributed by atoms with Crippen LogP contribution in [0.1, 0.15) is 13.8 Å². The molecule has 0 fully saturated rings. The Hall–Kier alpha value is -2.30. The van der Waals surface area contributed by atoms with Crippen LogP contribution in [0.4, 0.5) is 5.69 Å². The summed E-state index contributed by atoms with van der Waals surface area (Å²) in [6.07, 6.45) is 0. The lowest BCUT2D eigenvalue weighted by molar-refractivity contribution is -0.138. The molecule has 0 aromatic heterocycles. The van der Waals surface area contributed by atoms with Gasteiger partial charge in [0.15, 0.2) is 0 Å². The maximum Gasteiger partial charge on any atom is 0.336 e. The van der Waals surface area contributed by atoms with E-state index in [2.05, 4.69) is 11.9 Å². The summed E-state index contributed by atoms with van der Waals surface area (Å²) in [5.74, 6) is -0.0923. The van der Waals surface area contributed by atoms with Crippen molar-refractivity contribution in [1.82, 2.24) is 0 Å². The van der Waals surface area contributed by atoms with Crippen LogP contribution in [-0.4, -0.2) is 25.1 Å². The van der Waals surface area contributed by atoms with Crippen LogP contribution < -0.4 is 10.1 Å². The summed E-state index contributed by atoms with van der Waals surface area (Å²) in [5.41, 5.74) is 0.874. The molecule has 5 heteroatoms. The third-order valence-corrected chi connectivity index (χ3v) is 2.13. The fourth-order valence-corrected chi connectivity index (χ4v) is 1.33. The number of esters is 1. The van der Waals surface area contributed by atoms with Crippen LogP contribution in [-0.2, 0) is 14.3 Å². The number of nitrogens with one attached hydrogen (secondary N) is 1. The Morgan fingerprint density at radius 2 is 2.11 bits per heavy atom. The fraction of sp³-hybridized carbons (Fsp3) is 0.286. The lowest BCUT2D eigenvalue weighted by Crippen LogP contribution is -2.13. The molecule has 1 rings (SSSR count). The van der Waals surface area contributed by atoms with Crippen molar-refractivity contribution in [3.8, 4) is 5.75 Å². The van der Waals surface area contributed by atoms with Crippen LogP contribution in [0.25, 0.3) is 0 Å². The molecule has 0 heterocycles. The first kappa shape index (κ1) is 14.8. The standard InChI is InChI=1S/C14H17NO4/c1-4-18-14(17)10(2)9-19-13-7-5-6-12(8-13)15-11(3)16/h5-8H,2,4,9H2,1,3H3,(H,15,16). The van der Waals surface area contributed by atoms with Gasteiger partial charge in [0.2, 0.25) is 5.91 Å². The Morgan fingerprint density at radius 1 is 1.37 bits per heavy atom. The van der Waals surface area contributed by atoms with Crippen molar-refractivity contribution >= 4 is 17.6 Å². The van der Waals surface area contributed by atoms with E-state index in [1.165, 1.54) is 6.92 Å². The molecule has 1 aromatic carbocycles. The summed E-state index contributed by atoms with van der Waals surface area (Å²) in [4.78, 5) is 22.2. The van der Waals surface area contributed by atoms with Gasteiger partial charge in [-0.2, -0.15) is 0 Å². The summed E-state index contributed by atoms with van der Waals surface area (Å²) >= 11 is 0. The molecular weight excluding hydrogens is 246 g/mol. The third kappa shape index (κ3) is 5.25. The molecule has 0 saturated carbocycles. The lowest BCUT2D eigenvalue weighted by atomic mass is 10.3. The average molecular weight is 263 g/mol. The minimum absolute atomic E-state index is 0.0440. The zero-order valence-corrected chi connectivity index (χ0v) is 11.1. The van der Waals surface area contributed by atoms with Crippen LogP contribution in [0.15, 0.2) is 36.4 Å². The molecule has 0 bridgehead atoms. The number of rotatable bonds is 6. The van der Waals surface area contributed by atoms with E-state index in [9.17, 15) is 9.59 Å². The second-order valence-electron chi connectivity index (χ2n) is 3.82. The molecule has 5 nitrogen and oxygen atoms in total. The molecular formula is C14H17NO4. The zero-order chi connectivity index (χ0) is 14.3. The SMILES string of the molecule is C=C(COc1cccc(NC(C)=O)c1)C(=O)OCC. The van der Waals surface area contributed by atoms with Crippen molar-refractivity contribution in [3.63, 3.8) is 0 Å². The Balaban J connectivity index is 2.55. The van der Waals surface area contributed by atoms with Crippen LogP contribution in [0, 0.1) is 0 Å². The molecule has 0 atom stereocenters. The van der Waals surface area contributed by atoms with E-state index < -0.39 is 5.97 Å². The van der Waals surface area contributed by atoms with Crippen LogP contribution in [0.2, 0.25) is 0 Å². The van der Waals surface area contributed by atoms with Gasteiger partial charge in [0, 0.05) is 18.7 Å². The molecule has 1 aromatic rings. The van der Waals surface area contributed by atoms with Crippen molar-refractivity contribution in [3.05, 3.63) is 36.4 Å². The van der Waals surface area contributed by atoms with E-state index in [-0.39, 0.29) is 18.1 Å². The number of hydrogen-bond donors (Lipinski definition) is 1. The van der Waals surface area contributed by atoms with Crippen molar-refractivity contribution in [2.75, 3.05) is 18.5 Å². The highest BCUT2D eigenvalue weighted by Gasteiger charge is 2.08. The Labute approximate surface area is 112 Å². The monoisotopic (exact) mass is 263 g/mol. The molecule has 0 aliphatic heterocycles. The van der Waals surface area contributed by atoms with Gasteiger partial charge in [0.05, 0.1) is 12.2 Å². The van der Waals surface area contributed by atoms with E-state index in [1.807, 2.05) is 0 Å². The number of anilines is 1. The highest BCUT2D eigenvalue weighted by molar-refractivity contribution is 5.89. The Bertz CT molecular complexity index is 482. The first-order valence-electron chi connectivity index (χ1n) is 5.88. The van der Waals surface area contributed by atoms with Crippen LogP contribution in [0.5, 0.6) is 5.75 Å². The molecule has 0 radical (unpaired) electrons. The van der Waals surface area contributed by atoms with Crippen molar-refractivity contribution in [2.24, 2.45) is 0 Å². The number of amides is 1.